The minimum absolute atomic E-state index is 0.143. The van der Waals surface area contributed by atoms with Crippen LogP contribution in [0.3, 0.4) is 0 Å². The third-order valence-corrected chi connectivity index (χ3v) is 9.28. The molecule has 1 aromatic carbocycles. The van der Waals surface area contributed by atoms with E-state index in [1.54, 1.807) is 44.9 Å². The molecular weight excluding hydrogens is 629 g/mol. The molecule has 2 heterocycles. The summed E-state index contributed by atoms with van der Waals surface area (Å²) >= 11 is 1.56. The smallest absolute Gasteiger partial charge is 0.408 e. The Morgan fingerprint density at radius 2 is 1.67 bits per heavy atom. The van der Waals surface area contributed by atoms with Crippen molar-refractivity contribution in [3.05, 3.63) is 78.5 Å². The number of carbonyl (C=O) groups excluding carboxylic acids is 3. The zero-order chi connectivity index (χ0) is 34.4. The lowest BCUT2D eigenvalue weighted by Gasteiger charge is -2.32. The van der Waals surface area contributed by atoms with Crippen molar-refractivity contribution in [2.45, 2.75) is 113 Å². The van der Waals surface area contributed by atoms with Gasteiger partial charge in [0.2, 0.25) is 11.8 Å². The van der Waals surface area contributed by atoms with Crippen LogP contribution in [0.15, 0.2) is 72.3 Å². The number of hydrogen-bond acceptors (Lipinski definition) is 8. The summed E-state index contributed by atoms with van der Waals surface area (Å²) in [6, 6.07) is 12.6. The number of pyridine rings is 1. The normalized spacial score (nSPS) is 16.2. The highest BCUT2D eigenvalue weighted by Crippen LogP contribution is 2.29. The Morgan fingerprint density at radius 1 is 0.958 bits per heavy atom. The number of ether oxygens (including phenoxy) is 1. The summed E-state index contributed by atoms with van der Waals surface area (Å²) in [5.41, 5.74) is 0.736. The number of carbonyl (C=O) groups is 3. The van der Waals surface area contributed by atoms with Gasteiger partial charge < -0.3 is 30.8 Å². The number of aromatic nitrogens is 3. The molecule has 4 atom stereocenters. The predicted molar refractivity (Wildman–Crippen MR) is 186 cm³/mol. The number of rotatable bonds is 16. The van der Waals surface area contributed by atoms with Gasteiger partial charge >= 0.3 is 6.09 Å². The van der Waals surface area contributed by atoms with Gasteiger partial charge in [-0.05, 0) is 57.2 Å². The van der Waals surface area contributed by atoms with Crippen molar-refractivity contribution in [1.29, 1.82) is 0 Å². The molecule has 1 saturated carbocycles. The molecule has 1 fully saturated rings. The average Bonchev–Trinajstić information content (AvgIpc) is 3.57. The van der Waals surface area contributed by atoms with E-state index in [1.165, 1.54) is 12.7 Å². The number of nitrogens with one attached hydrogen (secondary N) is 4. The first-order valence-corrected chi connectivity index (χ1v) is 17.9. The van der Waals surface area contributed by atoms with Crippen molar-refractivity contribution < 1.29 is 24.2 Å². The van der Waals surface area contributed by atoms with Gasteiger partial charge in [0.1, 0.15) is 17.7 Å². The fourth-order valence-corrected chi connectivity index (χ4v) is 6.78. The first kappa shape index (κ1) is 36.9. The molecule has 260 valence electrons. The van der Waals surface area contributed by atoms with Gasteiger partial charge in [-0.25, -0.2) is 14.8 Å². The van der Waals surface area contributed by atoms with Gasteiger partial charge in [-0.3, -0.25) is 9.59 Å². The average molecular weight is 679 g/mol. The fourth-order valence-electron chi connectivity index (χ4n) is 5.90. The first-order valence-electron chi connectivity index (χ1n) is 16.9. The summed E-state index contributed by atoms with van der Waals surface area (Å²) in [5, 5.41) is 21.0. The van der Waals surface area contributed by atoms with E-state index in [9.17, 15) is 19.5 Å². The second kappa shape index (κ2) is 18.6. The number of thioether (sulfide) groups is 1. The topological polar surface area (TPSA) is 158 Å². The van der Waals surface area contributed by atoms with E-state index in [2.05, 4.69) is 30.9 Å². The van der Waals surface area contributed by atoms with Crippen LogP contribution in [-0.2, 0) is 27.2 Å². The van der Waals surface area contributed by atoms with Crippen LogP contribution in [0.1, 0.15) is 77.0 Å². The summed E-state index contributed by atoms with van der Waals surface area (Å²) in [5.74, 6) is 0.101. The zero-order valence-corrected chi connectivity index (χ0v) is 29.0. The largest absolute Gasteiger partial charge is 0.444 e. The van der Waals surface area contributed by atoms with Gasteiger partial charge in [0.25, 0.3) is 0 Å². The minimum atomic E-state index is -1.01. The maximum atomic E-state index is 14.0. The molecule has 48 heavy (non-hydrogen) atoms. The molecule has 1 aliphatic rings. The van der Waals surface area contributed by atoms with E-state index < -0.39 is 47.7 Å². The van der Waals surface area contributed by atoms with Crippen LogP contribution < -0.4 is 16.0 Å². The Bertz CT molecular complexity index is 1400. The number of benzene rings is 1. The molecule has 12 heteroatoms. The van der Waals surface area contributed by atoms with E-state index in [-0.39, 0.29) is 12.8 Å². The van der Waals surface area contributed by atoms with E-state index in [0.717, 1.165) is 36.3 Å². The van der Waals surface area contributed by atoms with E-state index in [1.807, 2.05) is 48.5 Å². The van der Waals surface area contributed by atoms with Crippen LogP contribution in [0, 0.1) is 5.92 Å². The van der Waals surface area contributed by atoms with Gasteiger partial charge in [-0.15, -0.1) is 11.8 Å². The summed E-state index contributed by atoms with van der Waals surface area (Å²) in [7, 11) is 0. The van der Waals surface area contributed by atoms with E-state index >= 15 is 0 Å². The van der Waals surface area contributed by atoms with Crippen molar-refractivity contribution in [1.82, 2.24) is 30.9 Å². The number of aliphatic hydroxyl groups excluding tert-OH is 1. The summed E-state index contributed by atoms with van der Waals surface area (Å²) < 4.78 is 5.45. The van der Waals surface area contributed by atoms with Crippen LogP contribution in [0.25, 0.3) is 0 Å². The van der Waals surface area contributed by atoms with Gasteiger partial charge in [0, 0.05) is 36.7 Å². The third-order valence-electron chi connectivity index (χ3n) is 8.31. The molecule has 3 aromatic rings. The Morgan fingerprint density at radius 3 is 2.33 bits per heavy atom. The fraction of sp³-hybridized carbons (Fsp3) is 0.528. The molecule has 11 nitrogen and oxygen atoms in total. The zero-order valence-electron chi connectivity index (χ0n) is 28.2. The van der Waals surface area contributed by atoms with Crippen LogP contribution in [0.4, 0.5) is 4.79 Å². The highest BCUT2D eigenvalue weighted by atomic mass is 32.2. The molecule has 1 aliphatic carbocycles. The second-order valence-corrected chi connectivity index (χ2v) is 14.6. The molecule has 5 N–H and O–H groups in total. The monoisotopic (exact) mass is 678 g/mol. The van der Waals surface area contributed by atoms with Crippen LogP contribution in [-0.4, -0.2) is 73.5 Å². The highest BCUT2D eigenvalue weighted by molar-refractivity contribution is 7.99. The van der Waals surface area contributed by atoms with Crippen LogP contribution in [0.2, 0.25) is 0 Å². The van der Waals surface area contributed by atoms with Gasteiger partial charge in [-0.2, -0.15) is 0 Å². The molecule has 0 saturated heterocycles. The molecule has 2 unspecified atom stereocenters. The number of imidazole rings is 1. The Kier molecular flexibility index (Phi) is 14.3. The Balaban J connectivity index is 1.50. The molecule has 3 amide bonds. The predicted octanol–water partition coefficient (Wildman–Crippen LogP) is 4.97. The highest BCUT2D eigenvalue weighted by Gasteiger charge is 2.32. The van der Waals surface area contributed by atoms with Crippen LogP contribution >= 0.6 is 11.8 Å². The van der Waals surface area contributed by atoms with Gasteiger partial charge in [0.15, 0.2) is 0 Å². The van der Waals surface area contributed by atoms with Crippen molar-refractivity contribution in [3.63, 3.8) is 0 Å². The lowest BCUT2D eigenvalue weighted by molar-refractivity contribution is -0.131. The lowest BCUT2D eigenvalue weighted by Crippen LogP contribution is -2.57. The number of alkyl carbamates (subject to hydrolysis) is 1. The van der Waals surface area contributed by atoms with Gasteiger partial charge in [-0.1, -0.05) is 68.5 Å². The molecular formula is C36H50N6O5S. The molecule has 0 radical (unpaired) electrons. The maximum Gasteiger partial charge on any atom is 0.408 e. The number of H-pyrrole nitrogens is 1. The van der Waals surface area contributed by atoms with Gasteiger partial charge in [0.05, 0.1) is 23.5 Å². The van der Waals surface area contributed by atoms with E-state index in [0.29, 0.717) is 30.2 Å². The standard InChI is InChI=1S/C36H50N6O5S/c1-36(2,3)47-35(46)42-29(21-26-14-8-5-9-15-26)33(44)41-30(22-27-23-37-24-39-27)34(45)40-28(20-25-12-6-4-7-13-25)31(43)17-19-48-32-16-10-11-18-38-32/h5,8-11,14-16,18,23-25,28-31,43H,4,6-7,12-13,17,19-22H2,1-3H3,(H,37,39)(H,40,45)(H,41,44)(H,42,46)/t28?,29-,30-,31?/m0/s1. The quantitative estimate of drug-likeness (QED) is 0.133. The third kappa shape index (κ3) is 13.0. The molecule has 0 spiro atoms. The summed E-state index contributed by atoms with van der Waals surface area (Å²) in [6.07, 6.45) is 10.4. The van der Waals surface area contributed by atoms with Crippen molar-refractivity contribution >= 4 is 29.7 Å². The first-order chi connectivity index (χ1) is 23.1. The maximum absolute atomic E-state index is 14.0. The number of aliphatic hydroxyl groups is 1. The molecule has 4 rings (SSSR count). The number of amides is 3. The summed E-state index contributed by atoms with van der Waals surface area (Å²) in [4.78, 5) is 52.1. The lowest BCUT2D eigenvalue weighted by atomic mass is 9.83. The second-order valence-electron chi connectivity index (χ2n) is 13.5. The van der Waals surface area contributed by atoms with Crippen molar-refractivity contribution in [2.24, 2.45) is 5.92 Å². The Labute approximate surface area is 287 Å². The Hall–Kier alpha value is -3.90. The van der Waals surface area contributed by atoms with Crippen molar-refractivity contribution in [3.8, 4) is 0 Å². The SMILES string of the molecule is CC(C)(C)OC(=O)N[C@@H](Cc1ccccc1)C(=O)N[C@@H](Cc1cnc[nH]1)C(=O)NC(CC1CCCCC1)C(O)CCSc1ccccn1. The number of aromatic amines is 1. The minimum Gasteiger partial charge on any atom is -0.444 e. The summed E-state index contributed by atoms with van der Waals surface area (Å²) in [6.45, 7) is 5.25. The number of nitrogens with zero attached hydrogens (tertiary/aromatic N) is 2. The molecule has 0 bridgehead atoms. The van der Waals surface area contributed by atoms with Crippen molar-refractivity contribution in [2.75, 3.05) is 5.75 Å². The number of hydrogen-bond donors (Lipinski definition) is 5. The molecule has 0 aliphatic heterocycles. The molecule has 2 aromatic heterocycles. The van der Waals surface area contributed by atoms with Crippen LogP contribution in [0.5, 0.6) is 0 Å². The van der Waals surface area contributed by atoms with E-state index in [4.69, 9.17) is 4.74 Å².